The molecule has 0 radical (unpaired) electrons. The number of anilines is 1. The first-order valence-electron chi connectivity index (χ1n) is 5.93. The Morgan fingerprint density at radius 1 is 1.59 bits per heavy atom. The van der Waals surface area contributed by atoms with Gasteiger partial charge < -0.3 is 10.2 Å². The van der Waals surface area contributed by atoms with Crippen molar-refractivity contribution in [2.24, 2.45) is 17.6 Å². The second-order valence-electron chi connectivity index (χ2n) is 4.78. The van der Waals surface area contributed by atoms with Crippen molar-refractivity contribution in [1.82, 2.24) is 4.98 Å². The van der Waals surface area contributed by atoms with Gasteiger partial charge in [-0.15, -0.1) is 0 Å². The molecule has 1 atom stereocenters. The van der Waals surface area contributed by atoms with Crippen molar-refractivity contribution < 1.29 is 9.21 Å². The Morgan fingerprint density at radius 3 is 2.76 bits per heavy atom. The summed E-state index contributed by atoms with van der Waals surface area (Å²) in [6, 6.07) is 0.257. The summed E-state index contributed by atoms with van der Waals surface area (Å²) < 4.78 is 5.06. The Morgan fingerprint density at radius 2 is 2.29 bits per heavy atom. The first kappa shape index (κ1) is 13.7. The van der Waals surface area contributed by atoms with E-state index in [9.17, 15) is 4.79 Å². The van der Waals surface area contributed by atoms with Crippen molar-refractivity contribution in [3.05, 3.63) is 12.0 Å². The summed E-state index contributed by atoms with van der Waals surface area (Å²) in [5, 5.41) is 2.63. The van der Waals surface area contributed by atoms with E-state index in [1.807, 2.05) is 0 Å². The minimum absolute atomic E-state index is 0.0945. The normalized spacial score (nSPS) is 12.8. The highest BCUT2D eigenvalue weighted by Gasteiger charge is 2.15. The zero-order chi connectivity index (χ0) is 12.8. The third kappa shape index (κ3) is 4.99. The molecule has 1 heterocycles. The molecule has 0 aliphatic rings. The zero-order valence-corrected chi connectivity index (χ0v) is 10.7. The maximum Gasteiger partial charge on any atom is 0.301 e. The van der Waals surface area contributed by atoms with E-state index >= 15 is 0 Å². The number of hydrogen-bond acceptors (Lipinski definition) is 4. The van der Waals surface area contributed by atoms with Crippen molar-refractivity contribution in [2.45, 2.75) is 33.6 Å². The Hall–Kier alpha value is -1.36. The van der Waals surface area contributed by atoms with Gasteiger partial charge in [-0.05, 0) is 31.7 Å². The second-order valence-corrected chi connectivity index (χ2v) is 4.78. The molecule has 1 aromatic rings. The second kappa shape index (κ2) is 6.39. The smallest absolute Gasteiger partial charge is 0.301 e. The lowest BCUT2D eigenvalue weighted by Crippen LogP contribution is -2.23. The van der Waals surface area contributed by atoms with Gasteiger partial charge in [0.25, 0.3) is 0 Å². The summed E-state index contributed by atoms with van der Waals surface area (Å²) in [4.78, 5) is 15.7. The molecule has 0 aromatic carbocycles. The fourth-order valence-electron chi connectivity index (χ4n) is 1.77. The third-order valence-electron chi connectivity index (χ3n) is 2.48. The van der Waals surface area contributed by atoms with E-state index < -0.39 is 0 Å². The number of rotatable bonds is 6. The Kier molecular flexibility index (Phi) is 5.15. The highest BCUT2D eigenvalue weighted by molar-refractivity contribution is 5.88. The fourth-order valence-corrected chi connectivity index (χ4v) is 1.77. The van der Waals surface area contributed by atoms with Gasteiger partial charge in [0.1, 0.15) is 6.26 Å². The molecular weight excluding hydrogens is 218 g/mol. The summed E-state index contributed by atoms with van der Waals surface area (Å²) in [6.07, 6.45) is 2.87. The molecule has 5 heteroatoms. The van der Waals surface area contributed by atoms with Crippen LogP contribution in [0.5, 0.6) is 0 Å². The van der Waals surface area contributed by atoms with Crippen LogP contribution in [0.15, 0.2) is 10.7 Å². The topological polar surface area (TPSA) is 81.2 Å². The van der Waals surface area contributed by atoms with Crippen molar-refractivity contribution in [3.8, 4) is 0 Å². The summed E-state index contributed by atoms with van der Waals surface area (Å²) in [6.45, 7) is 6.58. The fraction of sp³-hybridized carbons (Fsp3) is 0.667. The average Bonchev–Trinajstić information content (AvgIpc) is 2.62. The van der Waals surface area contributed by atoms with Gasteiger partial charge >= 0.3 is 6.01 Å². The number of aryl methyl sites for hydroxylation is 1. The number of hydrogen-bond donors (Lipinski definition) is 2. The molecule has 0 bridgehead atoms. The number of nitrogens with zero attached hydrogens (tertiary/aromatic N) is 1. The van der Waals surface area contributed by atoms with Gasteiger partial charge in [0.05, 0.1) is 5.69 Å². The van der Waals surface area contributed by atoms with Gasteiger partial charge in [0.15, 0.2) is 0 Å². The molecule has 0 aliphatic carbocycles. The van der Waals surface area contributed by atoms with E-state index in [-0.39, 0.29) is 17.8 Å². The predicted octanol–water partition coefficient (Wildman–Crippen LogP) is 1.93. The molecule has 1 rings (SSSR count). The van der Waals surface area contributed by atoms with Gasteiger partial charge in [0.2, 0.25) is 5.91 Å². The van der Waals surface area contributed by atoms with Gasteiger partial charge in [-0.25, -0.2) is 0 Å². The predicted molar refractivity (Wildman–Crippen MR) is 66.5 cm³/mol. The molecule has 1 aromatic heterocycles. The summed E-state index contributed by atoms with van der Waals surface area (Å²) in [5.41, 5.74) is 6.40. The molecule has 0 saturated heterocycles. The van der Waals surface area contributed by atoms with Crippen LogP contribution in [0.3, 0.4) is 0 Å². The van der Waals surface area contributed by atoms with E-state index in [1.54, 1.807) is 6.92 Å². The number of amides is 1. The van der Waals surface area contributed by atoms with Crippen molar-refractivity contribution in [3.63, 3.8) is 0 Å². The number of carbonyl (C=O) groups excluding carboxylic acids is 1. The van der Waals surface area contributed by atoms with Gasteiger partial charge in [0, 0.05) is 6.42 Å². The highest BCUT2D eigenvalue weighted by Crippen LogP contribution is 2.15. The van der Waals surface area contributed by atoms with Crippen LogP contribution in [-0.4, -0.2) is 17.4 Å². The zero-order valence-electron chi connectivity index (χ0n) is 10.7. The van der Waals surface area contributed by atoms with Crippen LogP contribution in [-0.2, 0) is 4.79 Å². The minimum Gasteiger partial charge on any atom is -0.432 e. The molecule has 0 aliphatic heterocycles. The van der Waals surface area contributed by atoms with Gasteiger partial charge in [-0.3, -0.25) is 10.1 Å². The lowest BCUT2D eigenvalue weighted by molar-refractivity contribution is -0.117. The monoisotopic (exact) mass is 239 g/mol. The van der Waals surface area contributed by atoms with E-state index in [0.29, 0.717) is 18.9 Å². The molecule has 1 unspecified atom stereocenters. The first-order chi connectivity index (χ1) is 8.01. The van der Waals surface area contributed by atoms with Gasteiger partial charge in [-0.2, -0.15) is 4.98 Å². The van der Waals surface area contributed by atoms with Crippen LogP contribution in [0.4, 0.5) is 6.01 Å². The standard InChI is InChI=1S/C12H21N3O2/c1-8(2)4-10(6-13)5-11(16)15-12-14-9(3)7-17-12/h7-8,10H,4-6,13H2,1-3H3,(H,14,15,16). The number of carbonyl (C=O) groups is 1. The molecule has 0 fully saturated rings. The van der Waals surface area contributed by atoms with Crippen LogP contribution in [0.25, 0.3) is 0 Å². The van der Waals surface area contributed by atoms with Gasteiger partial charge in [-0.1, -0.05) is 13.8 Å². The first-order valence-corrected chi connectivity index (χ1v) is 5.93. The Bertz CT molecular complexity index is 360. The molecule has 96 valence electrons. The maximum atomic E-state index is 11.7. The van der Waals surface area contributed by atoms with E-state index in [1.165, 1.54) is 6.26 Å². The van der Waals surface area contributed by atoms with Crippen molar-refractivity contribution in [2.75, 3.05) is 11.9 Å². The number of nitrogens with two attached hydrogens (primary N) is 1. The molecule has 3 N–H and O–H groups in total. The van der Waals surface area contributed by atoms with Crippen molar-refractivity contribution in [1.29, 1.82) is 0 Å². The molecule has 17 heavy (non-hydrogen) atoms. The SMILES string of the molecule is Cc1coc(NC(=O)CC(CN)CC(C)C)n1. The summed E-state index contributed by atoms with van der Waals surface area (Å²) in [5.74, 6) is 0.661. The number of nitrogens with one attached hydrogen (secondary N) is 1. The van der Waals surface area contributed by atoms with Crippen molar-refractivity contribution >= 4 is 11.9 Å². The largest absolute Gasteiger partial charge is 0.432 e. The quantitative estimate of drug-likeness (QED) is 0.794. The average molecular weight is 239 g/mol. The summed E-state index contributed by atoms with van der Waals surface area (Å²) in [7, 11) is 0. The van der Waals surface area contributed by atoms with E-state index in [4.69, 9.17) is 10.2 Å². The lowest BCUT2D eigenvalue weighted by atomic mass is 9.94. The van der Waals surface area contributed by atoms with Crippen LogP contribution in [0, 0.1) is 18.8 Å². The molecule has 1 amide bonds. The third-order valence-corrected chi connectivity index (χ3v) is 2.48. The van der Waals surface area contributed by atoms with E-state index in [2.05, 4.69) is 24.1 Å². The lowest BCUT2D eigenvalue weighted by Gasteiger charge is -2.15. The Balaban J connectivity index is 2.42. The maximum absolute atomic E-state index is 11.7. The molecule has 0 saturated carbocycles. The van der Waals surface area contributed by atoms with E-state index in [0.717, 1.165) is 12.1 Å². The van der Waals surface area contributed by atoms with Crippen LogP contribution in [0.2, 0.25) is 0 Å². The highest BCUT2D eigenvalue weighted by atomic mass is 16.4. The van der Waals surface area contributed by atoms with Crippen LogP contribution >= 0.6 is 0 Å². The minimum atomic E-state index is -0.0945. The number of aromatic nitrogens is 1. The molecule has 5 nitrogen and oxygen atoms in total. The summed E-state index contributed by atoms with van der Waals surface area (Å²) >= 11 is 0. The van der Waals surface area contributed by atoms with Crippen LogP contribution in [0.1, 0.15) is 32.4 Å². The molecular formula is C12H21N3O2. The number of oxazole rings is 1. The molecule has 0 spiro atoms. The van der Waals surface area contributed by atoms with Crippen LogP contribution < -0.4 is 11.1 Å². The Labute approximate surface area is 102 Å².